The number of hydrogen-bond donors (Lipinski definition) is 1. The molecule has 2 rings (SSSR count). The van der Waals surface area contributed by atoms with Crippen LogP contribution in [0.5, 0.6) is 0 Å². The van der Waals surface area contributed by atoms with E-state index in [2.05, 4.69) is 42.4 Å². The van der Waals surface area contributed by atoms with E-state index in [0.717, 1.165) is 32.5 Å². The van der Waals surface area contributed by atoms with E-state index in [0.29, 0.717) is 12.8 Å². The summed E-state index contributed by atoms with van der Waals surface area (Å²) in [5, 5.41) is 8.35. The van der Waals surface area contributed by atoms with Crippen LogP contribution in [0.25, 0.3) is 0 Å². The molecule has 0 spiro atoms. The first-order chi connectivity index (χ1) is 13.4. The standard InChI is InChI=1S/C13H16O.C10H18O3/c1-2-3-4-5-6-7-8-9-10-11-12-13-14;1-3-7-11-9(5-1)13-10-6-2-4-8-12-10/h14H,2-4,7,10,13H2,1H3;9-10H,1-8H2. The molecule has 2 heterocycles. The molecule has 2 aliphatic rings. The monoisotopic (exact) mass is 374 g/mol. The highest BCUT2D eigenvalue weighted by atomic mass is 16.8. The van der Waals surface area contributed by atoms with E-state index < -0.39 is 0 Å². The summed E-state index contributed by atoms with van der Waals surface area (Å²) in [6.45, 7) is 3.76. The minimum absolute atomic E-state index is 0.00292. The van der Waals surface area contributed by atoms with Gasteiger partial charge in [-0.3, -0.25) is 0 Å². The molecule has 0 amide bonds. The predicted molar refractivity (Wildman–Crippen MR) is 107 cm³/mol. The van der Waals surface area contributed by atoms with Crippen molar-refractivity contribution in [3.05, 3.63) is 0 Å². The van der Waals surface area contributed by atoms with Gasteiger partial charge in [0.1, 0.15) is 6.61 Å². The van der Waals surface area contributed by atoms with Gasteiger partial charge in [-0.2, -0.15) is 0 Å². The van der Waals surface area contributed by atoms with Crippen LogP contribution in [-0.2, 0) is 14.2 Å². The molecule has 0 saturated carbocycles. The fourth-order valence-corrected chi connectivity index (χ4v) is 2.55. The van der Waals surface area contributed by atoms with Crippen LogP contribution in [0.2, 0.25) is 0 Å². The smallest absolute Gasteiger partial charge is 0.160 e. The molecule has 2 unspecified atom stereocenters. The highest BCUT2D eigenvalue weighted by molar-refractivity contribution is 5.16. The lowest BCUT2D eigenvalue weighted by Crippen LogP contribution is -2.31. The van der Waals surface area contributed by atoms with Crippen molar-refractivity contribution >= 4 is 0 Å². The Hall–Kier alpha value is -1.48. The van der Waals surface area contributed by atoms with Crippen molar-refractivity contribution in [3.8, 4) is 35.5 Å². The first kappa shape index (κ1) is 23.6. The van der Waals surface area contributed by atoms with E-state index in [1.165, 1.54) is 38.5 Å². The summed E-state index contributed by atoms with van der Waals surface area (Å²) < 4.78 is 16.6. The second kappa shape index (κ2) is 17.9. The van der Waals surface area contributed by atoms with Crippen molar-refractivity contribution < 1.29 is 19.3 Å². The Kier molecular flexibility index (Phi) is 15.6. The van der Waals surface area contributed by atoms with Crippen LogP contribution in [0.1, 0.15) is 77.6 Å². The maximum atomic E-state index is 8.35. The minimum atomic E-state index is -0.0848. The van der Waals surface area contributed by atoms with Crippen LogP contribution in [0.4, 0.5) is 0 Å². The second-order valence-corrected chi connectivity index (χ2v) is 6.40. The molecular formula is C23H34O4. The van der Waals surface area contributed by atoms with E-state index in [9.17, 15) is 0 Å². The van der Waals surface area contributed by atoms with Gasteiger partial charge in [0, 0.05) is 19.6 Å². The molecule has 0 radical (unpaired) electrons. The molecule has 2 fully saturated rings. The summed E-state index contributed by atoms with van der Waals surface area (Å²) in [4.78, 5) is 0. The lowest BCUT2D eigenvalue weighted by atomic mass is 10.2. The van der Waals surface area contributed by atoms with Crippen molar-refractivity contribution in [1.82, 2.24) is 0 Å². The number of aliphatic hydroxyl groups is 1. The lowest BCUT2D eigenvalue weighted by Gasteiger charge is -2.29. The first-order valence-electron chi connectivity index (χ1n) is 10.2. The third-order valence-corrected chi connectivity index (χ3v) is 4.04. The zero-order chi connectivity index (χ0) is 19.4. The summed E-state index contributed by atoms with van der Waals surface area (Å²) in [5.74, 6) is 17.1. The SMILES string of the molecule is C1CCC(OC2CCCCO2)OC1.CCCCC#CCC#CCC#CCO. The van der Waals surface area contributed by atoms with Gasteiger partial charge in [-0.1, -0.05) is 42.9 Å². The molecular weight excluding hydrogens is 340 g/mol. The van der Waals surface area contributed by atoms with Gasteiger partial charge in [0.05, 0.1) is 12.8 Å². The van der Waals surface area contributed by atoms with Crippen molar-refractivity contribution in [1.29, 1.82) is 0 Å². The summed E-state index contributed by atoms with van der Waals surface area (Å²) in [6, 6.07) is 0. The molecule has 4 nitrogen and oxygen atoms in total. The summed E-state index contributed by atoms with van der Waals surface area (Å²) >= 11 is 0. The van der Waals surface area contributed by atoms with E-state index >= 15 is 0 Å². The Labute approximate surface area is 165 Å². The van der Waals surface area contributed by atoms with Crippen LogP contribution in [-0.4, -0.2) is 37.5 Å². The summed E-state index contributed by atoms with van der Waals surface area (Å²) in [6.07, 6.45) is 11.3. The lowest BCUT2D eigenvalue weighted by molar-refractivity contribution is -0.264. The highest BCUT2D eigenvalue weighted by Crippen LogP contribution is 2.20. The molecule has 0 aromatic heterocycles. The topological polar surface area (TPSA) is 47.9 Å². The molecule has 2 aliphatic heterocycles. The van der Waals surface area contributed by atoms with Crippen LogP contribution in [0.15, 0.2) is 0 Å². The van der Waals surface area contributed by atoms with Gasteiger partial charge in [-0.15, -0.1) is 5.92 Å². The van der Waals surface area contributed by atoms with E-state index in [4.69, 9.17) is 19.3 Å². The van der Waals surface area contributed by atoms with Crippen LogP contribution in [0, 0.1) is 35.5 Å². The predicted octanol–water partition coefficient (Wildman–Crippen LogP) is 4.02. The zero-order valence-electron chi connectivity index (χ0n) is 16.7. The average Bonchev–Trinajstić information content (AvgIpc) is 2.71. The van der Waals surface area contributed by atoms with Crippen LogP contribution in [0.3, 0.4) is 0 Å². The van der Waals surface area contributed by atoms with Crippen molar-refractivity contribution in [2.45, 2.75) is 90.1 Å². The Morgan fingerprint density at radius 2 is 1.37 bits per heavy atom. The third-order valence-electron chi connectivity index (χ3n) is 4.04. The van der Waals surface area contributed by atoms with Gasteiger partial charge in [0.15, 0.2) is 12.6 Å². The maximum absolute atomic E-state index is 8.35. The molecule has 0 aliphatic carbocycles. The third kappa shape index (κ3) is 14.3. The van der Waals surface area contributed by atoms with Gasteiger partial charge < -0.3 is 19.3 Å². The maximum Gasteiger partial charge on any atom is 0.160 e. The molecule has 4 heteroatoms. The molecule has 0 aromatic rings. The molecule has 27 heavy (non-hydrogen) atoms. The minimum Gasteiger partial charge on any atom is -0.384 e. The Balaban J connectivity index is 0.000000270. The number of hydrogen-bond acceptors (Lipinski definition) is 4. The largest absolute Gasteiger partial charge is 0.384 e. The summed E-state index contributed by atoms with van der Waals surface area (Å²) in [7, 11) is 0. The van der Waals surface area contributed by atoms with Crippen molar-refractivity contribution in [3.63, 3.8) is 0 Å². The van der Waals surface area contributed by atoms with Gasteiger partial charge in [-0.25, -0.2) is 0 Å². The number of unbranched alkanes of at least 4 members (excludes halogenated alkanes) is 2. The number of rotatable bonds is 4. The van der Waals surface area contributed by atoms with E-state index in [1.807, 2.05) is 0 Å². The van der Waals surface area contributed by atoms with Crippen LogP contribution < -0.4 is 0 Å². The highest BCUT2D eigenvalue weighted by Gasteiger charge is 2.21. The quantitative estimate of drug-likeness (QED) is 0.596. The average molecular weight is 375 g/mol. The van der Waals surface area contributed by atoms with Crippen LogP contribution >= 0.6 is 0 Å². The molecule has 1 N–H and O–H groups in total. The van der Waals surface area contributed by atoms with Gasteiger partial charge in [0.2, 0.25) is 0 Å². The van der Waals surface area contributed by atoms with Crippen molar-refractivity contribution in [2.24, 2.45) is 0 Å². The first-order valence-corrected chi connectivity index (χ1v) is 10.2. The Morgan fingerprint density at radius 1 is 0.815 bits per heavy atom. The zero-order valence-corrected chi connectivity index (χ0v) is 16.7. The Morgan fingerprint density at radius 3 is 1.85 bits per heavy atom. The Bertz CT molecular complexity index is 510. The fraction of sp³-hybridized carbons (Fsp3) is 0.739. The molecule has 0 bridgehead atoms. The second-order valence-electron chi connectivity index (χ2n) is 6.40. The van der Waals surface area contributed by atoms with Gasteiger partial charge in [0.25, 0.3) is 0 Å². The normalized spacial score (nSPS) is 21.1. The van der Waals surface area contributed by atoms with E-state index in [1.54, 1.807) is 0 Å². The molecule has 2 atom stereocenters. The molecule has 0 aromatic carbocycles. The number of aliphatic hydroxyl groups excluding tert-OH is 1. The fourth-order valence-electron chi connectivity index (χ4n) is 2.55. The van der Waals surface area contributed by atoms with Crippen molar-refractivity contribution in [2.75, 3.05) is 19.8 Å². The van der Waals surface area contributed by atoms with Gasteiger partial charge >= 0.3 is 0 Å². The van der Waals surface area contributed by atoms with Gasteiger partial charge in [-0.05, 0) is 44.9 Å². The number of ether oxygens (including phenoxy) is 3. The summed E-state index contributed by atoms with van der Waals surface area (Å²) in [5.41, 5.74) is 0. The molecule has 2 saturated heterocycles. The van der Waals surface area contributed by atoms with E-state index in [-0.39, 0.29) is 19.2 Å². The molecule has 150 valence electrons.